The van der Waals surface area contributed by atoms with Crippen LogP contribution in [0, 0.1) is 0 Å². The van der Waals surface area contributed by atoms with Crippen molar-refractivity contribution in [2.45, 2.75) is 17.9 Å². The van der Waals surface area contributed by atoms with E-state index in [1.807, 2.05) is 6.92 Å². The maximum atomic E-state index is 12.4. The van der Waals surface area contributed by atoms with E-state index >= 15 is 0 Å². The van der Waals surface area contributed by atoms with Crippen LogP contribution in [0.15, 0.2) is 53.4 Å². The van der Waals surface area contributed by atoms with Gasteiger partial charge in [-0.1, -0.05) is 12.1 Å². The lowest BCUT2D eigenvalue weighted by Crippen LogP contribution is -2.33. The van der Waals surface area contributed by atoms with Crippen molar-refractivity contribution in [3.05, 3.63) is 54.1 Å². The van der Waals surface area contributed by atoms with E-state index in [1.54, 1.807) is 67.6 Å². The maximum Gasteiger partial charge on any atom is 0.322 e. The van der Waals surface area contributed by atoms with Gasteiger partial charge in [0, 0.05) is 19.0 Å². The van der Waals surface area contributed by atoms with Gasteiger partial charge in [-0.3, -0.25) is 0 Å². The average Bonchev–Trinajstić information content (AvgIpc) is 2.60. The van der Waals surface area contributed by atoms with E-state index in [0.717, 1.165) is 5.56 Å². The topological polar surface area (TPSA) is 75.7 Å². The van der Waals surface area contributed by atoms with Crippen molar-refractivity contribution in [2.24, 2.45) is 0 Å². The average molecular weight is 362 g/mol. The normalized spacial score (nSPS) is 12.3. The number of methoxy groups -OCH3 is 1. The second-order valence-corrected chi connectivity index (χ2v) is 7.80. The number of nitrogens with one attached hydrogen (secondary N) is 1. The molecule has 6 nitrogen and oxygen atoms in total. The Hall–Kier alpha value is -2.54. The summed E-state index contributed by atoms with van der Waals surface area (Å²) >= 11 is 0. The lowest BCUT2D eigenvalue weighted by Gasteiger charge is -2.25. The molecule has 134 valence electrons. The van der Waals surface area contributed by atoms with Crippen LogP contribution < -0.4 is 10.1 Å². The highest BCUT2D eigenvalue weighted by Crippen LogP contribution is 2.22. The molecule has 0 bridgehead atoms. The van der Waals surface area contributed by atoms with Crippen LogP contribution in [0.1, 0.15) is 18.5 Å². The number of carbonyl (C=O) groups is 1. The Bertz CT molecular complexity index is 830. The van der Waals surface area contributed by atoms with Crippen molar-refractivity contribution in [1.82, 2.24) is 4.90 Å². The maximum absolute atomic E-state index is 12.4. The van der Waals surface area contributed by atoms with Crippen molar-refractivity contribution >= 4 is 21.6 Å². The molecular formula is C18H22N2O4S. The van der Waals surface area contributed by atoms with E-state index in [1.165, 1.54) is 6.26 Å². The molecule has 0 spiro atoms. The lowest BCUT2D eigenvalue weighted by molar-refractivity contribution is 0.208. The van der Waals surface area contributed by atoms with E-state index in [-0.39, 0.29) is 17.0 Å². The largest absolute Gasteiger partial charge is 0.497 e. The van der Waals surface area contributed by atoms with E-state index < -0.39 is 9.84 Å². The molecule has 2 rings (SSSR count). The van der Waals surface area contributed by atoms with Gasteiger partial charge < -0.3 is 15.0 Å². The van der Waals surface area contributed by atoms with Gasteiger partial charge in [0.2, 0.25) is 0 Å². The van der Waals surface area contributed by atoms with Crippen LogP contribution in [0.5, 0.6) is 5.75 Å². The Morgan fingerprint density at radius 1 is 1.08 bits per heavy atom. The molecule has 2 aromatic carbocycles. The number of sulfone groups is 1. The first kappa shape index (κ1) is 18.8. The zero-order chi connectivity index (χ0) is 18.6. The molecule has 0 radical (unpaired) electrons. The van der Waals surface area contributed by atoms with Gasteiger partial charge >= 0.3 is 6.03 Å². The Labute approximate surface area is 148 Å². The van der Waals surface area contributed by atoms with Gasteiger partial charge in [-0.25, -0.2) is 13.2 Å². The molecule has 25 heavy (non-hydrogen) atoms. The van der Waals surface area contributed by atoms with Crippen LogP contribution in [0.3, 0.4) is 0 Å². The highest BCUT2D eigenvalue weighted by molar-refractivity contribution is 7.90. The first-order chi connectivity index (χ1) is 11.7. The van der Waals surface area contributed by atoms with E-state index in [2.05, 4.69) is 5.32 Å². The third-order valence-corrected chi connectivity index (χ3v) is 5.16. The third-order valence-electron chi connectivity index (χ3n) is 4.03. The number of anilines is 1. The van der Waals surface area contributed by atoms with Crippen LogP contribution in [-0.4, -0.2) is 39.8 Å². The molecule has 0 heterocycles. The molecule has 0 saturated carbocycles. The van der Waals surface area contributed by atoms with Gasteiger partial charge in [-0.05, 0) is 48.9 Å². The van der Waals surface area contributed by atoms with Crippen molar-refractivity contribution < 1.29 is 17.9 Å². The molecule has 0 aliphatic heterocycles. The van der Waals surface area contributed by atoms with Crippen LogP contribution in [0.4, 0.5) is 10.5 Å². The van der Waals surface area contributed by atoms with Gasteiger partial charge in [-0.2, -0.15) is 0 Å². The molecule has 0 aliphatic carbocycles. The molecule has 2 amide bonds. The minimum Gasteiger partial charge on any atom is -0.497 e. The Balaban J connectivity index is 2.07. The molecule has 0 saturated heterocycles. The second-order valence-electron chi connectivity index (χ2n) is 5.79. The summed E-state index contributed by atoms with van der Waals surface area (Å²) in [6.45, 7) is 1.88. The summed E-state index contributed by atoms with van der Waals surface area (Å²) in [6.07, 6.45) is 1.17. The van der Waals surface area contributed by atoms with Gasteiger partial charge in [0.05, 0.1) is 18.0 Å². The number of ether oxygens (including phenoxy) is 1. The predicted octanol–water partition coefficient (Wildman–Crippen LogP) is 3.32. The molecule has 1 atom stereocenters. The molecule has 1 N–H and O–H groups in total. The number of hydrogen-bond donors (Lipinski definition) is 1. The molecule has 7 heteroatoms. The summed E-state index contributed by atoms with van der Waals surface area (Å²) in [5, 5.41) is 2.81. The summed E-state index contributed by atoms with van der Waals surface area (Å²) in [5.74, 6) is 0.714. The SMILES string of the molecule is COc1ccc(NC(=O)N(C)[C@H](C)c2ccc(S(C)(=O)=O)cc2)cc1. The smallest absolute Gasteiger partial charge is 0.322 e. The van der Waals surface area contributed by atoms with Crippen molar-refractivity contribution in [1.29, 1.82) is 0 Å². The highest BCUT2D eigenvalue weighted by atomic mass is 32.2. The zero-order valence-corrected chi connectivity index (χ0v) is 15.5. The number of amides is 2. The summed E-state index contributed by atoms with van der Waals surface area (Å²) in [6, 6.07) is 13.1. The standard InChI is InChI=1S/C18H22N2O4S/c1-13(14-5-11-17(12-6-14)25(4,22)23)20(2)18(21)19-15-7-9-16(24-3)10-8-15/h5-13H,1-4H3,(H,19,21)/t13-/m1/s1. The first-order valence-electron chi connectivity index (χ1n) is 7.70. The number of hydrogen-bond acceptors (Lipinski definition) is 4. The third kappa shape index (κ3) is 4.73. The predicted molar refractivity (Wildman–Crippen MR) is 97.7 cm³/mol. The van der Waals surface area contributed by atoms with E-state index in [4.69, 9.17) is 4.74 Å². The molecule has 0 aliphatic rings. The monoisotopic (exact) mass is 362 g/mol. The second kappa shape index (κ2) is 7.57. The molecule has 0 fully saturated rings. The lowest BCUT2D eigenvalue weighted by atomic mass is 10.1. The summed E-state index contributed by atoms with van der Waals surface area (Å²) in [4.78, 5) is 14.2. The minimum absolute atomic E-state index is 0.216. The molecule has 0 unspecified atom stereocenters. The first-order valence-corrected chi connectivity index (χ1v) is 9.59. The Morgan fingerprint density at radius 2 is 1.64 bits per heavy atom. The van der Waals surface area contributed by atoms with Crippen molar-refractivity contribution in [2.75, 3.05) is 25.7 Å². The number of carbonyl (C=O) groups excluding carboxylic acids is 1. The van der Waals surface area contributed by atoms with E-state index in [0.29, 0.717) is 11.4 Å². The van der Waals surface area contributed by atoms with Gasteiger partial charge in [0.1, 0.15) is 5.75 Å². The quantitative estimate of drug-likeness (QED) is 0.885. The number of benzene rings is 2. The molecule has 2 aromatic rings. The van der Waals surface area contributed by atoms with Gasteiger partial charge in [0.25, 0.3) is 0 Å². The summed E-state index contributed by atoms with van der Waals surface area (Å²) < 4.78 is 28.1. The number of nitrogens with zero attached hydrogens (tertiary/aromatic N) is 1. The van der Waals surface area contributed by atoms with Crippen LogP contribution in [-0.2, 0) is 9.84 Å². The van der Waals surface area contributed by atoms with E-state index in [9.17, 15) is 13.2 Å². The Morgan fingerprint density at radius 3 is 2.12 bits per heavy atom. The van der Waals surface area contributed by atoms with Crippen LogP contribution >= 0.6 is 0 Å². The fourth-order valence-corrected chi connectivity index (χ4v) is 2.91. The minimum atomic E-state index is -3.23. The van der Waals surface area contributed by atoms with Gasteiger partial charge in [-0.15, -0.1) is 0 Å². The van der Waals surface area contributed by atoms with Crippen LogP contribution in [0.2, 0.25) is 0 Å². The summed E-state index contributed by atoms with van der Waals surface area (Å²) in [5.41, 5.74) is 1.51. The fourth-order valence-electron chi connectivity index (χ4n) is 2.28. The van der Waals surface area contributed by atoms with Crippen LogP contribution in [0.25, 0.3) is 0 Å². The number of urea groups is 1. The molecular weight excluding hydrogens is 340 g/mol. The number of rotatable bonds is 5. The zero-order valence-electron chi connectivity index (χ0n) is 14.7. The fraction of sp³-hybridized carbons (Fsp3) is 0.278. The van der Waals surface area contributed by atoms with Crippen molar-refractivity contribution in [3.8, 4) is 5.75 Å². The Kier molecular flexibility index (Phi) is 5.69. The summed E-state index contributed by atoms with van der Waals surface area (Å²) in [7, 11) is 0.0385. The van der Waals surface area contributed by atoms with Crippen molar-refractivity contribution in [3.63, 3.8) is 0 Å². The van der Waals surface area contributed by atoms with Gasteiger partial charge in [0.15, 0.2) is 9.84 Å². The molecule has 0 aromatic heterocycles. The highest BCUT2D eigenvalue weighted by Gasteiger charge is 2.18.